The van der Waals surface area contributed by atoms with Gasteiger partial charge in [-0.3, -0.25) is 20.4 Å². The Morgan fingerprint density at radius 1 is 0.920 bits per heavy atom. The maximum atomic E-state index is 13.5. The molecule has 2 N–H and O–H groups in total. The second-order valence-corrected chi connectivity index (χ2v) is 5.25. The van der Waals surface area contributed by atoms with Crippen molar-refractivity contribution >= 4 is 17.5 Å². The smallest absolute Gasteiger partial charge is 0.272 e. The number of rotatable bonds is 5. The van der Waals surface area contributed by atoms with E-state index in [4.69, 9.17) is 0 Å². The number of carbonyl (C=O) groups is 2. The van der Waals surface area contributed by atoms with Crippen molar-refractivity contribution < 1.29 is 18.4 Å². The SMILES string of the molecule is CCN(CC)c1ccc(C(=O)NNC(=O)c2ccc(F)cc2F)cc1. The number of benzene rings is 2. The summed E-state index contributed by atoms with van der Waals surface area (Å²) in [5.41, 5.74) is 5.28. The topological polar surface area (TPSA) is 61.4 Å². The van der Waals surface area contributed by atoms with Crippen LogP contribution < -0.4 is 15.8 Å². The van der Waals surface area contributed by atoms with Crippen LogP contribution in [0.25, 0.3) is 0 Å². The molecule has 0 atom stereocenters. The fourth-order valence-corrected chi connectivity index (χ4v) is 2.34. The first kappa shape index (κ1) is 18.4. The highest BCUT2D eigenvalue weighted by atomic mass is 19.1. The summed E-state index contributed by atoms with van der Waals surface area (Å²) in [6.07, 6.45) is 0. The third-order valence-electron chi connectivity index (χ3n) is 3.72. The summed E-state index contributed by atoms with van der Waals surface area (Å²) >= 11 is 0. The minimum absolute atomic E-state index is 0.343. The van der Waals surface area contributed by atoms with E-state index in [2.05, 4.69) is 15.8 Å². The fourth-order valence-electron chi connectivity index (χ4n) is 2.34. The summed E-state index contributed by atoms with van der Waals surface area (Å²) in [5, 5.41) is 0. The molecule has 0 spiro atoms. The van der Waals surface area contributed by atoms with E-state index in [1.807, 2.05) is 26.0 Å². The zero-order valence-corrected chi connectivity index (χ0v) is 14.0. The zero-order chi connectivity index (χ0) is 18.4. The predicted octanol–water partition coefficient (Wildman–Crippen LogP) is 2.89. The summed E-state index contributed by atoms with van der Waals surface area (Å²) in [6, 6.07) is 9.45. The molecule has 0 bridgehead atoms. The first-order valence-corrected chi connectivity index (χ1v) is 7.87. The average molecular weight is 347 g/mol. The van der Waals surface area contributed by atoms with E-state index < -0.39 is 23.4 Å². The third-order valence-corrected chi connectivity index (χ3v) is 3.72. The number of hydrogen-bond donors (Lipinski definition) is 2. The first-order chi connectivity index (χ1) is 12.0. The molecule has 0 aliphatic carbocycles. The summed E-state index contributed by atoms with van der Waals surface area (Å²) in [6.45, 7) is 5.77. The zero-order valence-electron chi connectivity index (χ0n) is 14.0. The molecule has 0 saturated carbocycles. The minimum atomic E-state index is -1.00. The van der Waals surface area contributed by atoms with Gasteiger partial charge in [0.1, 0.15) is 11.6 Å². The van der Waals surface area contributed by atoms with E-state index in [-0.39, 0.29) is 5.56 Å². The molecule has 2 rings (SSSR count). The monoisotopic (exact) mass is 347 g/mol. The van der Waals surface area contributed by atoms with Crippen LogP contribution in [0.5, 0.6) is 0 Å². The lowest BCUT2D eigenvalue weighted by Gasteiger charge is -2.21. The lowest BCUT2D eigenvalue weighted by Crippen LogP contribution is -2.42. The molecule has 5 nitrogen and oxygen atoms in total. The van der Waals surface area contributed by atoms with Crippen LogP contribution >= 0.6 is 0 Å². The van der Waals surface area contributed by atoms with Crippen LogP contribution in [-0.2, 0) is 0 Å². The van der Waals surface area contributed by atoms with E-state index in [9.17, 15) is 18.4 Å². The van der Waals surface area contributed by atoms with Crippen molar-refractivity contribution in [2.45, 2.75) is 13.8 Å². The normalized spacial score (nSPS) is 10.2. The number of amides is 2. The van der Waals surface area contributed by atoms with Crippen LogP contribution in [0.2, 0.25) is 0 Å². The second-order valence-electron chi connectivity index (χ2n) is 5.25. The Hall–Kier alpha value is -2.96. The molecular weight excluding hydrogens is 328 g/mol. The Balaban J connectivity index is 1.99. The number of hydrazine groups is 1. The molecule has 132 valence electrons. The Labute approximate surface area is 144 Å². The Bertz CT molecular complexity index is 759. The standard InChI is InChI=1S/C18H19F2N3O2/c1-3-23(4-2)14-8-5-12(6-9-14)17(24)21-22-18(25)15-10-7-13(19)11-16(15)20/h5-11H,3-4H2,1-2H3,(H,21,24)(H,22,25). The highest BCUT2D eigenvalue weighted by molar-refractivity contribution is 5.99. The molecule has 2 aromatic rings. The molecule has 2 aromatic carbocycles. The quantitative estimate of drug-likeness (QED) is 0.818. The Kier molecular flexibility index (Phi) is 6.05. The van der Waals surface area contributed by atoms with Gasteiger partial charge in [-0.1, -0.05) is 0 Å². The van der Waals surface area contributed by atoms with Crippen LogP contribution in [0.15, 0.2) is 42.5 Å². The molecule has 25 heavy (non-hydrogen) atoms. The van der Waals surface area contributed by atoms with Crippen LogP contribution in [-0.4, -0.2) is 24.9 Å². The summed E-state index contributed by atoms with van der Waals surface area (Å²) in [7, 11) is 0. The molecule has 2 amide bonds. The number of nitrogens with one attached hydrogen (secondary N) is 2. The summed E-state index contributed by atoms with van der Waals surface area (Å²) in [5.74, 6) is -3.20. The maximum Gasteiger partial charge on any atom is 0.272 e. The highest BCUT2D eigenvalue weighted by Gasteiger charge is 2.14. The molecule has 0 radical (unpaired) electrons. The molecular formula is C18H19F2N3O2. The van der Waals surface area contributed by atoms with Crippen LogP contribution in [0.3, 0.4) is 0 Å². The van der Waals surface area contributed by atoms with E-state index in [1.165, 1.54) is 0 Å². The van der Waals surface area contributed by atoms with Crippen molar-refractivity contribution in [3.63, 3.8) is 0 Å². The molecule has 0 unspecified atom stereocenters. The fraction of sp³-hybridized carbons (Fsp3) is 0.222. The van der Waals surface area contributed by atoms with Crippen molar-refractivity contribution in [3.8, 4) is 0 Å². The van der Waals surface area contributed by atoms with Crippen molar-refractivity contribution in [1.29, 1.82) is 0 Å². The van der Waals surface area contributed by atoms with Gasteiger partial charge in [-0.05, 0) is 50.2 Å². The van der Waals surface area contributed by atoms with Gasteiger partial charge in [-0.2, -0.15) is 0 Å². The van der Waals surface area contributed by atoms with Gasteiger partial charge in [-0.15, -0.1) is 0 Å². The molecule has 0 aromatic heterocycles. The summed E-state index contributed by atoms with van der Waals surface area (Å²) < 4.78 is 26.4. The van der Waals surface area contributed by atoms with Gasteiger partial charge in [0.25, 0.3) is 11.8 Å². The number of nitrogens with zero attached hydrogens (tertiary/aromatic N) is 1. The molecule has 0 aliphatic rings. The van der Waals surface area contributed by atoms with Crippen molar-refractivity contribution in [3.05, 3.63) is 65.2 Å². The Morgan fingerprint density at radius 2 is 1.52 bits per heavy atom. The summed E-state index contributed by atoms with van der Waals surface area (Å²) in [4.78, 5) is 26.0. The van der Waals surface area contributed by atoms with Gasteiger partial charge < -0.3 is 4.90 Å². The Morgan fingerprint density at radius 3 is 2.08 bits per heavy atom. The number of hydrogen-bond acceptors (Lipinski definition) is 3. The van der Waals surface area contributed by atoms with Gasteiger partial charge in [-0.25, -0.2) is 8.78 Å². The van der Waals surface area contributed by atoms with Crippen LogP contribution in [0.1, 0.15) is 34.6 Å². The number of halogens is 2. The van der Waals surface area contributed by atoms with E-state index >= 15 is 0 Å². The lowest BCUT2D eigenvalue weighted by atomic mass is 10.2. The second kappa shape index (κ2) is 8.23. The minimum Gasteiger partial charge on any atom is -0.372 e. The van der Waals surface area contributed by atoms with E-state index in [0.29, 0.717) is 11.6 Å². The van der Waals surface area contributed by atoms with Crippen molar-refractivity contribution in [2.75, 3.05) is 18.0 Å². The van der Waals surface area contributed by atoms with Crippen LogP contribution in [0.4, 0.5) is 14.5 Å². The first-order valence-electron chi connectivity index (χ1n) is 7.87. The van der Waals surface area contributed by atoms with Gasteiger partial charge in [0, 0.05) is 30.4 Å². The maximum absolute atomic E-state index is 13.5. The number of anilines is 1. The van der Waals surface area contributed by atoms with Gasteiger partial charge in [0.05, 0.1) is 5.56 Å². The average Bonchev–Trinajstić information content (AvgIpc) is 2.61. The molecule has 7 heteroatoms. The van der Waals surface area contributed by atoms with Gasteiger partial charge in [0.15, 0.2) is 0 Å². The predicted molar refractivity (Wildman–Crippen MR) is 91.3 cm³/mol. The third kappa shape index (κ3) is 4.53. The van der Waals surface area contributed by atoms with Crippen molar-refractivity contribution in [2.24, 2.45) is 0 Å². The molecule has 0 heterocycles. The molecule has 0 saturated heterocycles. The van der Waals surface area contributed by atoms with Crippen molar-refractivity contribution in [1.82, 2.24) is 10.9 Å². The molecule has 0 fully saturated rings. The van der Waals surface area contributed by atoms with Gasteiger partial charge in [0.2, 0.25) is 0 Å². The molecule has 0 aliphatic heterocycles. The van der Waals surface area contributed by atoms with E-state index in [0.717, 1.165) is 30.9 Å². The highest BCUT2D eigenvalue weighted by Crippen LogP contribution is 2.15. The van der Waals surface area contributed by atoms with Crippen LogP contribution in [0, 0.1) is 11.6 Å². The number of carbonyl (C=O) groups excluding carboxylic acids is 2. The van der Waals surface area contributed by atoms with Gasteiger partial charge >= 0.3 is 0 Å². The van der Waals surface area contributed by atoms with E-state index in [1.54, 1.807) is 12.1 Å². The largest absolute Gasteiger partial charge is 0.372 e. The lowest BCUT2D eigenvalue weighted by molar-refractivity contribution is 0.0844.